The highest BCUT2D eigenvalue weighted by Crippen LogP contribution is 2.30. The number of carboxylic acids is 1. The van der Waals surface area contributed by atoms with Gasteiger partial charge in [0.25, 0.3) is 0 Å². The van der Waals surface area contributed by atoms with Gasteiger partial charge in [-0.15, -0.1) is 0 Å². The number of ether oxygens (including phenoxy) is 1. The number of benzene rings is 1. The van der Waals surface area contributed by atoms with Crippen LogP contribution < -0.4 is 10.1 Å². The number of hydrogen-bond donors (Lipinski definition) is 2. The summed E-state index contributed by atoms with van der Waals surface area (Å²) in [5.74, 6) is -0.818. The molecule has 0 radical (unpaired) electrons. The maximum Gasteiger partial charge on any atom is 0.329 e. The number of amides is 1. The van der Waals surface area contributed by atoms with Crippen molar-refractivity contribution in [2.45, 2.75) is 57.4 Å². The standard InChI is InChI=1S/C19H25NO5/c1-2-13-25-15-7-5-14(6-8-15)16(21)9-10-17(22)20-19(18(23)24)11-3-4-12-19/h5-8H,2-4,9-13H2,1H3,(H,20,22)(H,23,24). The van der Waals surface area contributed by atoms with Gasteiger partial charge in [0.2, 0.25) is 5.91 Å². The first kappa shape index (κ1) is 19.0. The lowest BCUT2D eigenvalue weighted by Crippen LogP contribution is -2.52. The van der Waals surface area contributed by atoms with Crippen molar-refractivity contribution in [3.63, 3.8) is 0 Å². The molecule has 0 aliphatic heterocycles. The van der Waals surface area contributed by atoms with E-state index >= 15 is 0 Å². The van der Waals surface area contributed by atoms with Gasteiger partial charge in [0.1, 0.15) is 11.3 Å². The van der Waals surface area contributed by atoms with Gasteiger partial charge in [0.15, 0.2) is 5.78 Å². The average molecular weight is 347 g/mol. The van der Waals surface area contributed by atoms with E-state index in [2.05, 4.69) is 5.32 Å². The Balaban J connectivity index is 1.84. The van der Waals surface area contributed by atoms with Crippen molar-refractivity contribution in [3.8, 4) is 5.75 Å². The van der Waals surface area contributed by atoms with Crippen LogP contribution in [0.3, 0.4) is 0 Å². The topological polar surface area (TPSA) is 92.7 Å². The van der Waals surface area contributed by atoms with Gasteiger partial charge in [-0.1, -0.05) is 19.8 Å². The minimum Gasteiger partial charge on any atom is -0.494 e. The number of carbonyl (C=O) groups excluding carboxylic acids is 2. The van der Waals surface area contributed by atoms with Gasteiger partial charge in [0, 0.05) is 18.4 Å². The van der Waals surface area contributed by atoms with Crippen molar-refractivity contribution in [2.24, 2.45) is 0 Å². The van der Waals surface area contributed by atoms with Crippen molar-refractivity contribution in [1.29, 1.82) is 0 Å². The Morgan fingerprint density at radius 3 is 2.32 bits per heavy atom. The van der Waals surface area contributed by atoms with Crippen molar-refractivity contribution in [3.05, 3.63) is 29.8 Å². The third kappa shape index (κ3) is 5.05. The molecule has 6 heteroatoms. The van der Waals surface area contributed by atoms with Gasteiger partial charge in [-0.25, -0.2) is 4.79 Å². The Morgan fingerprint density at radius 2 is 1.76 bits per heavy atom. The minimum absolute atomic E-state index is 0.0120. The Bertz CT molecular complexity index is 617. The molecule has 0 spiro atoms. The highest BCUT2D eigenvalue weighted by Gasteiger charge is 2.42. The lowest BCUT2D eigenvalue weighted by molar-refractivity contribution is -0.147. The lowest BCUT2D eigenvalue weighted by Gasteiger charge is -2.25. The summed E-state index contributed by atoms with van der Waals surface area (Å²) in [5, 5.41) is 12.0. The number of ketones is 1. The molecule has 1 amide bonds. The number of aliphatic carboxylic acids is 1. The molecule has 2 rings (SSSR count). The third-order valence-electron chi connectivity index (χ3n) is 4.47. The van der Waals surface area contributed by atoms with Gasteiger partial charge in [-0.3, -0.25) is 9.59 Å². The quantitative estimate of drug-likeness (QED) is 0.670. The zero-order valence-corrected chi connectivity index (χ0v) is 14.5. The molecule has 25 heavy (non-hydrogen) atoms. The van der Waals surface area contributed by atoms with Gasteiger partial charge >= 0.3 is 5.97 Å². The first-order valence-corrected chi connectivity index (χ1v) is 8.77. The molecular formula is C19H25NO5. The number of Topliss-reactive ketones (excluding diaryl/α,β-unsaturated/α-hetero) is 1. The van der Waals surface area contributed by atoms with Crippen LogP contribution >= 0.6 is 0 Å². The van der Waals surface area contributed by atoms with E-state index in [-0.39, 0.29) is 24.5 Å². The van der Waals surface area contributed by atoms with Crippen LogP contribution in [0.2, 0.25) is 0 Å². The zero-order chi connectivity index (χ0) is 18.3. The van der Waals surface area contributed by atoms with E-state index in [9.17, 15) is 19.5 Å². The van der Waals surface area contributed by atoms with Gasteiger partial charge in [-0.05, 0) is 43.5 Å². The van der Waals surface area contributed by atoms with Crippen LogP contribution in [0, 0.1) is 0 Å². The van der Waals surface area contributed by atoms with Crippen LogP contribution in [0.25, 0.3) is 0 Å². The van der Waals surface area contributed by atoms with Gasteiger partial charge in [-0.2, -0.15) is 0 Å². The highest BCUT2D eigenvalue weighted by molar-refractivity contribution is 5.98. The number of nitrogens with one attached hydrogen (secondary N) is 1. The van der Waals surface area contributed by atoms with Crippen molar-refractivity contribution in [2.75, 3.05) is 6.61 Å². The van der Waals surface area contributed by atoms with Crippen molar-refractivity contribution < 1.29 is 24.2 Å². The van der Waals surface area contributed by atoms with E-state index < -0.39 is 11.5 Å². The molecule has 1 saturated carbocycles. The molecule has 0 bridgehead atoms. The summed E-state index contributed by atoms with van der Waals surface area (Å²) in [6.45, 7) is 2.64. The first-order valence-electron chi connectivity index (χ1n) is 8.77. The second kappa shape index (κ2) is 8.65. The fourth-order valence-electron chi connectivity index (χ4n) is 3.03. The van der Waals surface area contributed by atoms with Crippen molar-refractivity contribution >= 4 is 17.7 Å². The van der Waals surface area contributed by atoms with E-state index in [0.29, 0.717) is 30.8 Å². The molecule has 0 saturated heterocycles. The molecule has 1 aromatic carbocycles. The Morgan fingerprint density at radius 1 is 1.12 bits per heavy atom. The third-order valence-corrected chi connectivity index (χ3v) is 4.47. The van der Waals surface area contributed by atoms with Crippen LogP contribution in [0.4, 0.5) is 0 Å². The summed E-state index contributed by atoms with van der Waals surface area (Å²) >= 11 is 0. The van der Waals surface area contributed by atoms with E-state index in [0.717, 1.165) is 19.3 Å². The largest absolute Gasteiger partial charge is 0.494 e. The van der Waals surface area contributed by atoms with Crippen LogP contribution in [0.5, 0.6) is 5.75 Å². The van der Waals surface area contributed by atoms with E-state index in [1.165, 1.54) is 0 Å². The molecule has 6 nitrogen and oxygen atoms in total. The molecule has 1 aliphatic carbocycles. The lowest BCUT2D eigenvalue weighted by atomic mass is 9.97. The molecule has 0 unspecified atom stereocenters. The first-order chi connectivity index (χ1) is 12.0. The second-order valence-electron chi connectivity index (χ2n) is 6.44. The molecule has 0 heterocycles. The average Bonchev–Trinajstić information content (AvgIpc) is 3.08. The molecule has 0 aromatic heterocycles. The second-order valence-corrected chi connectivity index (χ2v) is 6.44. The predicted octanol–water partition coefficient (Wildman–Crippen LogP) is 2.95. The van der Waals surface area contributed by atoms with Gasteiger partial charge in [0.05, 0.1) is 6.61 Å². The summed E-state index contributed by atoms with van der Waals surface area (Å²) in [4.78, 5) is 35.7. The monoisotopic (exact) mass is 347 g/mol. The van der Waals surface area contributed by atoms with Gasteiger partial charge < -0.3 is 15.2 Å². The molecule has 0 atom stereocenters. The summed E-state index contributed by atoms with van der Waals surface area (Å²) in [6.07, 6.45) is 3.42. The van der Waals surface area contributed by atoms with Crippen LogP contribution in [0.1, 0.15) is 62.2 Å². The van der Waals surface area contributed by atoms with Crippen LogP contribution in [-0.2, 0) is 9.59 Å². The van der Waals surface area contributed by atoms with E-state index in [1.54, 1.807) is 24.3 Å². The maximum absolute atomic E-state index is 12.2. The van der Waals surface area contributed by atoms with Crippen LogP contribution in [-0.4, -0.2) is 34.9 Å². The zero-order valence-electron chi connectivity index (χ0n) is 14.5. The SMILES string of the molecule is CCCOc1ccc(C(=O)CCC(=O)NC2(C(=O)O)CCCC2)cc1. The van der Waals surface area contributed by atoms with E-state index in [1.807, 2.05) is 6.92 Å². The summed E-state index contributed by atoms with van der Waals surface area (Å²) in [6, 6.07) is 6.84. The predicted molar refractivity (Wildman–Crippen MR) is 92.8 cm³/mol. The number of rotatable bonds is 9. The summed E-state index contributed by atoms with van der Waals surface area (Å²) in [5.41, 5.74) is -0.635. The number of carbonyl (C=O) groups is 3. The number of carboxylic acid groups (broad SMARTS) is 1. The normalized spacial score (nSPS) is 15.6. The molecular weight excluding hydrogens is 322 g/mol. The smallest absolute Gasteiger partial charge is 0.329 e. The Labute approximate surface area is 147 Å². The minimum atomic E-state index is -1.15. The maximum atomic E-state index is 12.2. The van der Waals surface area contributed by atoms with E-state index in [4.69, 9.17) is 4.74 Å². The Hall–Kier alpha value is -2.37. The van der Waals surface area contributed by atoms with Crippen molar-refractivity contribution in [1.82, 2.24) is 5.32 Å². The summed E-state index contributed by atoms with van der Waals surface area (Å²) < 4.78 is 5.46. The van der Waals surface area contributed by atoms with Crippen LogP contribution in [0.15, 0.2) is 24.3 Å². The fraction of sp³-hybridized carbons (Fsp3) is 0.526. The number of hydrogen-bond acceptors (Lipinski definition) is 4. The fourth-order valence-corrected chi connectivity index (χ4v) is 3.03. The molecule has 1 fully saturated rings. The summed E-state index contributed by atoms with van der Waals surface area (Å²) in [7, 11) is 0. The Kier molecular flexibility index (Phi) is 6.56. The molecule has 1 aromatic rings. The highest BCUT2D eigenvalue weighted by atomic mass is 16.5. The molecule has 2 N–H and O–H groups in total. The molecule has 136 valence electrons. The molecule has 1 aliphatic rings.